The molecule has 1 unspecified atom stereocenters. The lowest BCUT2D eigenvalue weighted by Gasteiger charge is -2.26. The second-order valence-electron chi connectivity index (χ2n) is 15.4. The van der Waals surface area contributed by atoms with Gasteiger partial charge in [-0.25, -0.2) is 8.78 Å². The van der Waals surface area contributed by atoms with E-state index in [4.69, 9.17) is 8.83 Å². The van der Waals surface area contributed by atoms with Gasteiger partial charge in [-0.1, -0.05) is 90.1 Å². The number of allylic oxidation sites excluding steroid dienone is 2. The highest BCUT2D eigenvalue weighted by Gasteiger charge is 2.73. The molecule has 2 N–H and O–H groups in total. The zero-order chi connectivity index (χ0) is 37.7. The molecule has 2 aromatic heterocycles. The Morgan fingerprint density at radius 3 is 1.40 bits per heavy atom. The van der Waals surface area contributed by atoms with Gasteiger partial charge in [-0.2, -0.15) is 17.6 Å². The summed E-state index contributed by atoms with van der Waals surface area (Å²) in [5.41, 5.74) is -1.74. The lowest BCUT2D eigenvalue weighted by Crippen LogP contribution is -2.44. The Labute approximate surface area is 296 Å². The third kappa shape index (κ3) is 5.45. The molecular weight excluding hydrogens is 682 g/mol. The minimum atomic E-state index is -5.27. The average molecular weight is 719 g/mol. The van der Waals surface area contributed by atoms with Crippen molar-refractivity contribution in [3.05, 3.63) is 107 Å². The van der Waals surface area contributed by atoms with Crippen LogP contribution in [0, 0.1) is 5.92 Å². The molecule has 6 aromatic rings. The van der Waals surface area contributed by atoms with Crippen LogP contribution < -0.4 is 0 Å². The van der Waals surface area contributed by atoms with Crippen molar-refractivity contribution < 1.29 is 45.4 Å². The fraction of sp³-hybridized carbons (Fsp3) is 0.286. The van der Waals surface area contributed by atoms with Gasteiger partial charge in [-0.3, -0.25) is 0 Å². The van der Waals surface area contributed by atoms with Gasteiger partial charge in [-0.15, -0.1) is 0 Å². The minimum Gasteiger partial charge on any atom is -0.508 e. The van der Waals surface area contributed by atoms with Gasteiger partial charge in [0.25, 0.3) is 6.43 Å². The summed E-state index contributed by atoms with van der Waals surface area (Å²) in [5.74, 6) is -14.7. The van der Waals surface area contributed by atoms with Crippen LogP contribution in [0.1, 0.15) is 63.8 Å². The van der Waals surface area contributed by atoms with Crippen LogP contribution in [0.2, 0.25) is 0 Å². The van der Waals surface area contributed by atoms with Crippen LogP contribution in [0.25, 0.3) is 55.7 Å². The summed E-state index contributed by atoms with van der Waals surface area (Å²) in [4.78, 5) is 0. The summed E-state index contributed by atoms with van der Waals surface area (Å²) in [6.07, 6.45) is -3.94. The van der Waals surface area contributed by atoms with Crippen molar-refractivity contribution >= 4 is 33.1 Å². The van der Waals surface area contributed by atoms with E-state index in [9.17, 15) is 10.2 Å². The number of alkyl halides is 6. The van der Waals surface area contributed by atoms with Gasteiger partial charge in [0.15, 0.2) is 0 Å². The van der Waals surface area contributed by atoms with E-state index < -0.39 is 40.9 Å². The highest BCUT2D eigenvalue weighted by Crippen LogP contribution is 2.65. The first kappa shape index (κ1) is 35.3. The van der Waals surface area contributed by atoms with Crippen molar-refractivity contribution in [2.75, 3.05) is 0 Å². The van der Waals surface area contributed by atoms with Crippen LogP contribution in [0.3, 0.4) is 0 Å². The number of phenols is 2. The highest BCUT2D eigenvalue weighted by molar-refractivity contribution is 6.14. The first-order valence-electron chi connectivity index (χ1n) is 16.7. The minimum absolute atomic E-state index is 0.0270. The number of fused-ring (bicyclic) bond motifs is 2. The Bertz CT molecular complexity index is 2370. The molecule has 4 nitrogen and oxygen atoms in total. The van der Waals surface area contributed by atoms with Crippen molar-refractivity contribution in [1.82, 2.24) is 0 Å². The molecular formula is C42H36F6O4. The largest absolute Gasteiger partial charge is 0.508 e. The summed E-state index contributed by atoms with van der Waals surface area (Å²) in [7, 11) is 0. The summed E-state index contributed by atoms with van der Waals surface area (Å²) >= 11 is 0. The van der Waals surface area contributed by atoms with E-state index in [0.29, 0.717) is 0 Å². The third-order valence-corrected chi connectivity index (χ3v) is 9.85. The van der Waals surface area contributed by atoms with E-state index in [1.165, 1.54) is 30.3 Å². The third-order valence-electron chi connectivity index (χ3n) is 9.85. The molecule has 0 bridgehead atoms. The molecule has 1 aliphatic rings. The molecule has 1 atom stereocenters. The van der Waals surface area contributed by atoms with Gasteiger partial charge in [-0.05, 0) is 51.8 Å². The predicted molar refractivity (Wildman–Crippen MR) is 190 cm³/mol. The van der Waals surface area contributed by atoms with Gasteiger partial charge in [0, 0.05) is 50.7 Å². The van der Waals surface area contributed by atoms with Crippen LogP contribution in [0.15, 0.2) is 93.8 Å². The van der Waals surface area contributed by atoms with E-state index >= 15 is 26.3 Å². The summed E-state index contributed by atoms with van der Waals surface area (Å²) in [5, 5.41) is 20.5. The Morgan fingerprint density at radius 2 is 1.00 bits per heavy atom. The second kappa shape index (κ2) is 11.7. The zero-order valence-electron chi connectivity index (χ0n) is 29.2. The fourth-order valence-electron chi connectivity index (χ4n) is 7.06. The Balaban J connectivity index is 1.64. The van der Waals surface area contributed by atoms with Crippen molar-refractivity contribution in [2.24, 2.45) is 5.92 Å². The van der Waals surface area contributed by atoms with Crippen LogP contribution in [-0.2, 0) is 10.8 Å². The second-order valence-corrected chi connectivity index (χ2v) is 15.4. The van der Waals surface area contributed by atoms with Crippen molar-refractivity contribution in [2.45, 2.75) is 70.6 Å². The standard InChI is InChI=1S/C42H36F6O4/c1-39(2,3)23-11-7-21(8-12-23)36-31(27-17-15-25(49)19-29(27)51-36)33-34(41(45,46)42(47,48)35(33)38(43)44)32-28-18-16-26(50)20-30(28)52-37(32)22-9-13-24(14-10-22)40(4,5)6/h7-20,35,38,49-50H,1-6H3. The molecule has 0 radical (unpaired) electrons. The molecule has 0 spiro atoms. The molecule has 0 aliphatic heterocycles. The normalized spacial score (nSPS) is 17.6. The Hall–Kier alpha value is -5.12. The summed E-state index contributed by atoms with van der Waals surface area (Å²) in [6, 6.07) is 20.7. The molecule has 4 aromatic carbocycles. The van der Waals surface area contributed by atoms with E-state index in [-0.39, 0.29) is 72.5 Å². The number of aromatic hydroxyl groups is 2. The SMILES string of the molecule is CC(C)(C)c1ccc(-c2oc3cc(O)ccc3c2C2=C(c3c(-c4ccc(C(C)(C)C)cc4)oc4cc(O)ccc34)C(F)(F)C(F)(F)C2C(F)F)cc1. The molecule has 0 amide bonds. The van der Waals surface area contributed by atoms with Crippen molar-refractivity contribution in [3.63, 3.8) is 0 Å². The maximum atomic E-state index is 16.8. The van der Waals surface area contributed by atoms with Gasteiger partial charge in [0.05, 0.1) is 0 Å². The topological polar surface area (TPSA) is 66.7 Å². The first-order chi connectivity index (χ1) is 24.2. The number of rotatable bonds is 5. The molecule has 270 valence electrons. The summed E-state index contributed by atoms with van der Waals surface area (Å²) in [6.45, 7) is 11.9. The van der Waals surface area contributed by atoms with Crippen LogP contribution in [-0.4, -0.2) is 28.5 Å². The number of furan rings is 2. The lowest BCUT2D eigenvalue weighted by atomic mass is 9.84. The monoisotopic (exact) mass is 718 g/mol. The fourth-order valence-corrected chi connectivity index (χ4v) is 7.06. The molecule has 7 rings (SSSR count). The van der Waals surface area contributed by atoms with Crippen molar-refractivity contribution in [1.29, 1.82) is 0 Å². The summed E-state index contributed by atoms with van der Waals surface area (Å²) < 4.78 is 109. The number of phenolic OH excluding ortho intramolecular Hbond substituents is 2. The quantitative estimate of drug-likeness (QED) is 0.174. The molecule has 0 fully saturated rings. The number of hydrogen-bond acceptors (Lipinski definition) is 4. The maximum absolute atomic E-state index is 16.8. The van der Waals surface area contributed by atoms with Gasteiger partial charge < -0.3 is 19.0 Å². The van der Waals surface area contributed by atoms with Crippen LogP contribution >= 0.6 is 0 Å². The van der Waals surface area contributed by atoms with Crippen LogP contribution in [0.4, 0.5) is 26.3 Å². The van der Waals surface area contributed by atoms with E-state index in [1.54, 1.807) is 48.5 Å². The Morgan fingerprint density at radius 1 is 0.596 bits per heavy atom. The Kier molecular flexibility index (Phi) is 7.94. The van der Waals surface area contributed by atoms with E-state index in [0.717, 1.165) is 17.2 Å². The van der Waals surface area contributed by atoms with Crippen molar-refractivity contribution in [3.8, 4) is 34.1 Å². The lowest BCUT2D eigenvalue weighted by molar-refractivity contribution is -0.203. The smallest absolute Gasteiger partial charge is 0.337 e. The molecule has 52 heavy (non-hydrogen) atoms. The molecule has 0 saturated heterocycles. The van der Waals surface area contributed by atoms with Crippen LogP contribution in [0.5, 0.6) is 11.5 Å². The molecule has 1 aliphatic carbocycles. The maximum Gasteiger partial charge on any atom is 0.337 e. The number of hydrogen-bond donors (Lipinski definition) is 2. The van der Waals surface area contributed by atoms with Gasteiger partial charge in [0.2, 0.25) is 0 Å². The first-order valence-corrected chi connectivity index (χ1v) is 16.7. The van der Waals surface area contributed by atoms with Gasteiger partial charge in [0.1, 0.15) is 40.1 Å². The molecule has 2 heterocycles. The van der Waals surface area contributed by atoms with E-state index in [1.807, 2.05) is 41.5 Å². The zero-order valence-corrected chi connectivity index (χ0v) is 29.2. The number of halogens is 6. The number of benzene rings is 4. The average Bonchev–Trinajstić information content (AvgIpc) is 3.65. The highest BCUT2D eigenvalue weighted by atomic mass is 19.3. The molecule has 0 saturated carbocycles. The predicted octanol–water partition coefficient (Wildman–Crippen LogP) is 12.6. The molecule has 10 heteroatoms. The van der Waals surface area contributed by atoms with Gasteiger partial charge >= 0.3 is 11.8 Å². The van der Waals surface area contributed by atoms with E-state index in [2.05, 4.69) is 0 Å².